The van der Waals surface area contributed by atoms with Gasteiger partial charge in [-0.1, -0.05) is 0 Å². The van der Waals surface area contributed by atoms with Crippen molar-refractivity contribution in [2.45, 2.75) is 18.9 Å². The Labute approximate surface area is 118 Å². The minimum Gasteiger partial charge on any atom is -0.484 e. The van der Waals surface area contributed by atoms with Crippen molar-refractivity contribution in [3.8, 4) is 11.8 Å². The molecule has 0 aliphatic carbocycles. The third-order valence-corrected chi connectivity index (χ3v) is 3.48. The normalized spacial score (nSPS) is 15.4. The number of likely N-dealkylation sites (N-methyl/N-ethyl adjacent to an activating group) is 1. The Kier molecular flexibility index (Phi) is 4.97. The Morgan fingerprint density at radius 1 is 1.40 bits per heavy atom. The largest absolute Gasteiger partial charge is 0.484 e. The topological polar surface area (TPSA) is 62.6 Å². The molecule has 1 saturated heterocycles. The lowest BCUT2D eigenvalue weighted by molar-refractivity contribution is -0.135. The second-order valence-corrected chi connectivity index (χ2v) is 4.77. The van der Waals surface area contributed by atoms with Gasteiger partial charge in [-0.25, -0.2) is 0 Å². The smallest absolute Gasteiger partial charge is 0.260 e. The number of hydrogen-bond acceptors (Lipinski definition) is 4. The molecule has 1 aliphatic heterocycles. The fourth-order valence-corrected chi connectivity index (χ4v) is 2.15. The minimum atomic E-state index is -0.0405. The zero-order chi connectivity index (χ0) is 14.4. The van der Waals surface area contributed by atoms with Gasteiger partial charge in [-0.05, 0) is 37.1 Å². The van der Waals surface area contributed by atoms with Crippen LogP contribution < -0.4 is 4.74 Å². The maximum atomic E-state index is 12.0. The number of rotatable bonds is 4. The van der Waals surface area contributed by atoms with E-state index >= 15 is 0 Å². The van der Waals surface area contributed by atoms with Crippen molar-refractivity contribution in [3.05, 3.63) is 29.8 Å². The number of nitrogens with zero attached hydrogens (tertiary/aromatic N) is 2. The Bertz CT molecular complexity index is 487. The van der Waals surface area contributed by atoms with Crippen molar-refractivity contribution < 1.29 is 14.3 Å². The van der Waals surface area contributed by atoms with Gasteiger partial charge in [0.25, 0.3) is 5.91 Å². The fourth-order valence-electron chi connectivity index (χ4n) is 2.15. The molecule has 0 aromatic heterocycles. The molecule has 0 saturated carbocycles. The second kappa shape index (κ2) is 6.92. The van der Waals surface area contributed by atoms with E-state index in [-0.39, 0.29) is 18.6 Å². The Morgan fingerprint density at radius 2 is 2.05 bits per heavy atom. The second-order valence-electron chi connectivity index (χ2n) is 4.77. The van der Waals surface area contributed by atoms with Crippen LogP contribution in [-0.4, -0.2) is 43.7 Å². The van der Waals surface area contributed by atoms with Crippen molar-refractivity contribution in [2.75, 3.05) is 26.9 Å². The summed E-state index contributed by atoms with van der Waals surface area (Å²) in [7, 11) is 1.81. The molecule has 0 radical (unpaired) electrons. The van der Waals surface area contributed by atoms with Gasteiger partial charge in [-0.3, -0.25) is 4.79 Å². The molecule has 1 heterocycles. The van der Waals surface area contributed by atoms with Crippen molar-refractivity contribution in [1.29, 1.82) is 5.26 Å². The molecule has 1 aliphatic rings. The van der Waals surface area contributed by atoms with Crippen LogP contribution in [0.5, 0.6) is 5.75 Å². The van der Waals surface area contributed by atoms with Crippen LogP contribution >= 0.6 is 0 Å². The van der Waals surface area contributed by atoms with E-state index < -0.39 is 0 Å². The summed E-state index contributed by atoms with van der Waals surface area (Å²) in [5.41, 5.74) is 0.572. The summed E-state index contributed by atoms with van der Waals surface area (Å²) in [5, 5.41) is 8.70. The van der Waals surface area contributed by atoms with Gasteiger partial charge >= 0.3 is 0 Å². The van der Waals surface area contributed by atoms with Gasteiger partial charge in [0.1, 0.15) is 5.75 Å². The molecule has 1 amide bonds. The highest BCUT2D eigenvalue weighted by Crippen LogP contribution is 2.14. The third kappa shape index (κ3) is 3.72. The molecular weight excluding hydrogens is 256 g/mol. The lowest BCUT2D eigenvalue weighted by Gasteiger charge is -2.31. The van der Waals surface area contributed by atoms with E-state index in [1.54, 1.807) is 36.2 Å². The van der Waals surface area contributed by atoms with Crippen LogP contribution in [0.2, 0.25) is 0 Å². The van der Waals surface area contributed by atoms with E-state index in [0.29, 0.717) is 24.5 Å². The van der Waals surface area contributed by atoms with Crippen molar-refractivity contribution in [1.82, 2.24) is 4.90 Å². The first-order valence-corrected chi connectivity index (χ1v) is 6.67. The highest BCUT2D eigenvalue weighted by Gasteiger charge is 2.22. The van der Waals surface area contributed by atoms with Gasteiger partial charge in [0.2, 0.25) is 0 Å². The van der Waals surface area contributed by atoms with Gasteiger partial charge in [0, 0.05) is 26.3 Å². The molecule has 5 nitrogen and oxygen atoms in total. The Hall–Kier alpha value is -2.06. The summed E-state index contributed by atoms with van der Waals surface area (Å²) in [6.07, 6.45) is 1.75. The van der Waals surface area contributed by atoms with Crippen LogP contribution in [0.25, 0.3) is 0 Å². The molecule has 0 spiro atoms. The monoisotopic (exact) mass is 274 g/mol. The van der Waals surface area contributed by atoms with E-state index in [1.165, 1.54) is 0 Å². The van der Waals surface area contributed by atoms with Gasteiger partial charge in [-0.15, -0.1) is 0 Å². The van der Waals surface area contributed by atoms with Crippen LogP contribution in [-0.2, 0) is 9.53 Å². The van der Waals surface area contributed by atoms with E-state index in [9.17, 15) is 4.79 Å². The van der Waals surface area contributed by atoms with E-state index in [2.05, 4.69) is 0 Å². The summed E-state index contributed by atoms with van der Waals surface area (Å²) in [6, 6.07) is 9.00. The number of nitriles is 1. The first-order valence-electron chi connectivity index (χ1n) is 6.67. The first kappa shape index (κ1) is 14.4. The minimum absolute atomic E-state index is 0.0136. The Balaban J connectivity index is 1.83. The van der Waals surface area contributed by atoms with Crippen molar-refractivity contribution in [3.63, 3.8) is 0 Å². The summed E-state index contributed by atoms with van der Waals surface area (Å²) in [5.74, 6) is 0.555. The lowest BCUT2D eigenvalue weighted by Crippen LogP contribution is -2.42. The highest BCUT2D eigenvalue weighted by molar-refractivity contribution is 5.77. The van der Waals surface area contributed by atoms with Gasteiger partial charge < -0.3 is 14.4 Å². The summed E-state index contributed by atoms with van der Waals surface area (Å²) >= 11 is 0. The molecule has 2 rings (SSSR count). The zero-order valence-electron chi connectivity index (χ0n) is 11.5. The molecule has 1 fully saturated rings. The summed E-state index contributed by atoms with van der Waals surface area (Å²) in [6.45, 7) is 1.43. The predicted molar refractivity (Wildman–Crippen MR) is 73.3 cm³/mol. The predicted octanol–water partition coefficient (Wildman–Crippen LogP) is 1.57. The molecule has 0 bridgehead atoms. The molecule has 1 aromatic carbocycles. The molecular formula is C15H18N2O3. The van der Waals surface area contributed by atoms with Crippen LogP contribution in [0.3, 0.4) is 0 Å². The number of hydrogen-bond donors (Lipinski definition) is 0. The molecule has 1 aromatic rings. The molecule has 0 N–H and O–H groups in total. The fraction of sp³-hybridized carbons (Fsp3) is 0.467. The molecule has 106 valence electrons. The van der Waals surface area contributed by atoms with Crippen LogP contribution in [0.4, 0.5) is 0 Å². The Morgan fingerprint density at radius 3 is 2.65 bits per heavy atom. The standard InChI is InChI=1S/C15H18N2O3/c1-17(13-6-8-19-9-7-13)15(18)11-20-14-4-2-12(10-16)3-5-14/h2-5,13H,6-9,11H2,1H3. The average molecular weight is 274 g/mol. The molecule has 0 unspecified atom stereocenters. The summed E-state index contributed by atoms with van der Waals surface area (Å²) in [4.78, 5) is 13.8. The van der Waals surface area contributed by atoms with Gasteiger partial charge in [-0.2, -0.15) is 5.26 Å². The van der Waals surface area contributed by atoms with Crippen molar-refractivity contribution in [2.24, 2.45) is 0 Å². The van der Waals surface area contributed by atoms with Crippen LogP contribution in [0.1, 0.15) is 18.4 Å². The van der Waals surface area contributed by atoms with Crippen LogP contribution in [0, 0.1) is 11.3 Å². The molecule has 0 atom stereocenters. The van der Waals surface area contributed by atoms with Gasteiger partial charge in [0.05, 0.1) is 11.6 Å². The number of carbonyl (C=O) groups excluding carboxylic acids is 1. The van der Waals surface area contributed by atoms with Crippen molar-refractivity contribution >= 4 is 5.91 Å². The number of benzene rings is 1. The molecule has 20 heavy (non-hydrogen) atoms. The highest BCUT2D eigenvalue weighted by atomic mass is 16.5. The number of ether oxygens (including phenoxy) is 2. The van der Waals surface area contributed by atoms with Crippen LogP contribution in [0.15, 0.2) is 24.3 Å². The zero-order valence-corrected chi connectivity index (χ0v) is 11.5. The number of amides is 1. The van der Waals surface area contributed by atoms with E-state index in [0.717, 1.165) is 12.8 Å². The average Bonchev–Trinajstić information content (AvgIpc) is 2.53. The van der Waals surface area contributed by atoms with E-state index in [1.807, 2.05) is 6.07 Å². The van der Waals surface area contributed by atoms with Gasteiger partial charge in [0.15, 0.2) is 6.61 Å². The third-order valence-electron chi connectivity index (χ3n) is 3.48. The maximum Gasteiger partial charge on any atom is 0.260 e. The quantitative estimate of drug-likeness (QED) is 0.836. The van der Waals surface area contributed by atoms with E-state index in [4.69, 9.17) is 14.7 Å². The molecule has 5 heteroatoms. The number of carbonyl (C=O) groups is 1. The first-order chi connectivity index (χ1) is 9.70. The summed E-state index contributed by atoms with van der Waals surface area (Å²) < 4.78 is 10.7. The SMILES string of the molecule is CN(C(=O)COc1ccc(C#N)cc1)C1CCOCC1. The maximum absolute atomic E-state index is 12.0. The lowest BCUT2D eigenvalue weighted by atomic mass is 10.1.